The van der Waals surface area contributed by atoms with E-state index in [9.17, 15) is 4.79 Å². The smallest absolute Gasteiger partial charge is 0.227 e. The first-order valence-corrected chi connectivity index (χ1v) is 11.4. The lowest BCUT2D eigenvalue weighted by Gasteiger charge is -2.22. The van der Waals surface area contributed by atoms with Crippen molar-refractivity contribution < 1.29 is 9.53 Å². The molecule has 0 atom stereocenters. The average Bonchev–Trinajstić information content (AvgIpc) is 3.36. The maximum atomic E-state index is 12.9. The van der Waals surface area contributed by atoms with Gasteiger partial charge in [-0.25, -0.2) is 4.98 Å². The second-order valence-electron chi connectivity index (χ2n) is 7.30. The van der Waals surface area contributed by atoms with Crippen LogP contribution in [0.2, 0.25) is 5.02 Å². The van der Waals surface area contributed by atoms with Gasteiger partial charge in [-0.1, -0.05) is 54.1 Å². The molecule has 0 aliphatic carbocycles. The molecule has 1 amide bonds. The largest absolute Gasteiger partial charge is 0.383 e. The van der Waals surface area contributed by atoms with E-state index < -0.39 is 0 Å². The number of fused-ring (bicyclic) bond motifs is 1. The third-order valence-corrected chi connectivity index (χ3v) is 6.32. The molecule has 4 rings (SSSR count). The summed E-state index contributed by atoms with van der Waals surface area (Å²) in [4.78, 5) is 20.5. The Kier molecular flexibility index (Phi) is 7.02. The minimum atomic E-state index is 0.113. The zero-order valence-electron chi connectivity index (χ0n) is 17.3. The summed E-state index contributed by atoms with van der Waals surface area (Å²) >= 11 is 7.61. The Bertz CT molecular complexity index is 1140. The SMILES string of the molecule is COCCN(CCc1csc2nc(-c3ccc(Cl)cc3)cn12)C(=O)Cc1ccccc1. The number of halogens is 1. The lowest BCUT2D eigenvalue weighted by atomic mass is 10.1. The van der Waals surface area contributed by atoms with Crippen molar-refractivity contribution >= 4 is 33.8 Å². The van der Waals surface area contributed by atoms with Crippen LogP contribution in [0, 0.1) is 0 Å². The molecule has 0 spiro atoms. The van der Waals surface area contributed by atoms with Gasteiger partial charge in [-0.2, -0.15) is 0 Å². The maximum absolute atomic E-state index is 12.9. The fourth-order valence-electron chi connectivity index (χ4n) is 3.46. The Morgan fingerprint density at radius 1 is 1.13 bits per heavy atom. The van der Waals surface area contributed by atoms with Crippen molar-refractivity contribution in [3.05, 3.63) is 82.5 Å². The van der Waals surface area contributed by atoms with Gasteiger partial charge in [-0.05, 0) is 17.7 Å². The highest BCUT2D eigenvalue weighted by Gasteiger charge is 2.16. The first-order valence-electron chi connectivity index (χ1n) is 10.2. The summed E-state index contributed by atoms with van der Waals surface area (Å²) in [6, 6.07) is 17.5. The lowest BCUT2D eigenvalue weighted by molar-refractivity contribution is -0.131. The fourth-order valence-corrected chi connectivity index (χ4v) is 4.50. The summed E-state index contributed by atoms with van der Waals surface area (Å²) in [5.74, 6) is 0.113. The van der Waals surface area contributed by atoms with Crippen molar-refractivity contribution in [2.75, 3.05) is 26.8 Å². The Morgan fingerprint density at radius 2 is 1.90 bits per heavy atom. The second-order valence-corrected chi connectivity index (χ2v) is 8.57. The molecular weight excluding hydrogens is 430 g/mol. The molecule has 5 nitrogen and oxygen atoms in total. The molecule has 0 saturated carbocycles. The van der Waals surface area contributed by atoms with Crippen LogP contribution in [0.5, 0.6) is 0 Å². The number of aromatic nitrogens is 2. The molecule has 4 aromatic rings. The number of rotatable bonds is 9. The molecule has 0 aliphatic rings. The van der Waals surface area contributed by atoms with E-state index in [4.69, 9.17) is 21.3 Å². The minimum Gasteiger partial charge on any atom is -0.383 e. The van der Waals surface area contributed by atoms with Crippen molar-refractivity contribution in [2.24, 2.45) is 0 Å². The Labute approximate surface area is 190 Å². The number of amides is 1. The molecule has 7 heteroatoms. The van der Waals surface area contributed by atoms with Crippen molar-refractivity contribution in [3.63, 3.8) is 0 Å². The molecule has 0 fully saturated rings. The van der Waals surface area contributed by atoms with Gasteiger partial charge in [0.1, 0.15) is 0 Å². The molecule has 0 aliphatic heterocycles. The number of hydrogen-bond acceptors (Lipinski definition) is 4. The summed E-state index contributed by atoms with van der Waals surface area (Å²) in [7, 11) is 1.66. The molecular formula is C24H24ClN3O2S. The third-order valence-electron chi connectivity index (χ3n) is 5.18. The minimum absolute atomic E-state index is 0.113. The topological polar surface area (TPSA) is 46.8 Å². The van der Waals surface area contributed by atoms with Crippen LogP contribution in [0.15, 0.2) is 66.2 Å². The fraction of sp³-hybridized carbons (Fsp3) is 0.250. The molecule has 31 heavy (non-hydrogen) atoms. The predicted molar refractivity (Wildman–Crippen MR) is 126 cm³/mol. The van der Waals surface area contributed by atoms with Gasteiger partial charge in [-0.15, -0.1) is 11.3 Å². The molecule has 0 N–H and O–H groups in total. The molecule has 2 aromatic carbocycles. The molecule has 0 radical (unpaired) electrons. The van der Waals surface area contributed by atoms with Gasteiger partial charge in [0.15, 0.2) is 4.96 Å². The quantitative estimate of drug-likeness (QED) is 0.359. The molecule has 160 valence electrons. The zero-order chi connectivity index (χ0) is 21.6. The van der Waals surface area contributed by atoms with Gasteiger partial charge in [0.05, 0.1) is 18.7 Å². The van der Waals surface area contributed by atoms with E-state index in [0.717, 1.165) is 33.9 Å². The van der Waals surface area contributed by atoms with E-state index in [2.05, 4.69) is 16.0 Å². The number of imidazole rings is 1. The normalized spacial score (nSPS) is 11.2. The highest BCUT2D eigenvalue weighted by molar-refractivity contribution is 7.15. The van der Waals surface area contributed by atoms with E-state index >= 15 is 0 Å². The maximum Gasteiger partial charge on any atom is 0.227 e. The van der Waals surface area contributed by atoms with Crippen molar-refractivity contribution in [1.82, 2.24) is 14.3 Å². The molecule has 0 bridgehead atoms. The summed E-state index contributed by atoms with van der Waals surface area (Å²) in [6.45, 7) is 1.73. The van der Waals surface area contributed by atoms with Crippen LogP contribution in [0.25, 0.3) is 16.2 Å². The van der Waals surface area contributed by atoms with Crippen LogP contribution in [0.3, 0.4) is 0 Å². The van der Waals surface area contributed by atoms with Crippen LogP contribution in [0.1, 0.15) is 11.3 Å². The Morgan fingerprint density at radius 3 is 2.65 bits per heavy atom. The Balaban J connectivity index is 1.47. The van der Waals surface area contributed by atoms with Gasteiger partial charge in [0.2, 0.25) is 5.91 Å². The van der Waals surface area contributed by atoms with Gasteiger partial charge >= 0.3 is 0 Å². The number of benzene rings is 2. The highest BCUT2D eigenvalue weighted by Crippen LogP contribution is 2.25. The monoisotopic (exact) mass is 453 g/mol. The number of hydrogen-bond donors (Lipinski definition) is 0. The number of carbonyl (C=O) groups excluding carboxylic acids is 1. The van der Waals surface area contributed by atoms with Crippen LogP contribution in [0.4, 0.5) is 0 Å². The van der Waals surface area contributed by atoms with E-state index in [1.165, 1.54) is 0 Å². The van der Waals surface area contributed by atoms with Crippen molar-refractivity contribution in [1.29, 1.82) is 0 Å². The summed E-state index contributed by atoms with van der Waals surface area (Å²) in [6.07, 6.45) is 3.20. The molecule has 2 aromatic heterocycles. The van der Waals surface area contributed by atoms with Crippen LogP contribution in [-0.2, 0) is 22.4 Å². The van der Waals surface area contributed by atoms with Gasteiger partial charge < -0.3 is 9.64 Å². The standard InChI is InChI=1S/C24H24ClN3O2S/c1-30-14-13-27(23(29)15-18-5-3-2-4-6-18)12-11-21-17-31-24-26-22(16-28(21)24)19-7-9-20(25)10-8-19/h2-10,16-17H,11-15H2,1H3. The van der Waals surface area contributed by atoms with Crippen LogP contribution in [-0.4, -0.2) is 47.0 Å². The van der Waals surface area contributed by atoms with Crippen LogP contribution < -0.4 is 0 Å². The van der Waals surface area contributed by atoms with E-state index in [1.807, 2.05) is 59.5 Å². The van der Waals surface area contributed by atoms with Gasteiger partial charge in [0, 0.05) is 54.5 Å². The van der Waals surface area contributed by atoms with E-state index in [1.54, 1.807) is 18.4 Å². The van der Waals surface area contributed by atoms with Crippen molar-refractivity contribution in [2.45, 2.75) is 12.8 Å². The summed E-state index contributed by atoms with van der Waals surface area (Å²) in [5.41, 5.74) is 4.12. The molecule has 0 unspecified atom stereocenters. The molecule has 2 heterocycles. The molecule has 0 saturated heterocycles. The predicted octanol–water partition coefficient (Wildman–Crippen LogP) is 4.98. The number of thiazole rings is 1. The zero-order valence-corrected chi connectivity index (χ0v) is 18.9. The highest BCUT2D eigenvalue weighted by atomic mass is 35.5. The summed E-state index contributed by atoms with van der Waals surface area (Å²) < 4.78 is 7.34. The van der Waals surface area contributed by atoms with E-state index in [0.29, 0.717) is 31.1 Å². The number of carbonyl (C=O) groups is 1. The lowest BCUT2D eigenvalue weighted by Crippen LogP contribution is -2.36. The second kappa shape index (κ2) is 10.1. The first-order chi connectivity index (χ1) is 15.1. The number of ether oxygens (including phenoxy) is 1. The first kappa shape index (κ1) is 21.6. The average molecular weight is 454 g/mol. The van der Waals surface area contributed by atoms with Crippen LogP contribution >= 0.6 is 22.9 Å². The third kappa shape index (κ3) is 5.34. The number of nitrogens with zero attached hydrogens (tertiary/aromatic N) is 3. The van der Waals surface area contributed by atoms with Crippen molar-refractivity contribution in [3.8, 4) is 11.3 Å². The number of methoxy groups -OCH3 is 1. The summed E-state index contributed by atoms with van der Waals surface area (Å²) in [5, 5.41) is 2.83. The van der Waals surface area contributed by atoms with E-state index in [-0.39, 0.29) is 5.91 Å². The Hall–Kier alpha value is -2.67. The van der Waals surface area contributed by atoms with Gasteiger partial charge in [-0.3, -0.25) is 9.20 Å². The van der Waals surface area contributed by atoms with Gasteiger partial charge in [0.25, 0.3) is 0 Å².